The molecule has 22 heavy (non-hydrogen) atoms. The van der Waals surface area contributed by atoms with E-state index in [9.17, 15) is 14.4 Å². The zero-order chi connectivity index (χ0) is 16.5. The van der Waals surface area contributed by atoms with Gasteiger partial charge in [-0.25, -0.2) is 9.59 Å². The first-order valence-electron chi connectivity index (χ1n) is 6.65. The molecule has 1 aromatic rings. The molecule has 0 unspecified atom stereocenters. The van der Waals surface area contributed by atoms with Crippen LogP contribution in [0, 0.1) is 0 Å². The predicted molar refractivity (Wildman–Crippen MR) is 80.5 cm³/mol. The van der Waals surface area contributed by atoms with Crippen LogP contribution in [0.3, 0.4) is 0 Å². The number of rotatable bonds is 3. The maximum atomic E-state index is 12.1. The van der Waals surface area contributed by atoms with Gasteiger partial charge in [0.05, 0.1) is 19.8 Å². The normalized spacial score (nSPS) is 19.4. The van der Waals surface area contributed by atoms with E-state index in [-0.39, 0.29) is 11.4 Å². The highest BCUT2D eigenvalue weighted by atomic mass is 16.5. The Bertz CT molecular complexity index is 692. The molecule has 0 radical (unpaired) electrons. The Balaban J connectivity index is 2.63. The summed E-state index contributed by atoms with van der Waals surface area (Å²) in [6.07, 6.45) is 1.46. The molecule has 1 aromatic carbocycles. The number of benzene rings is 1. The Morgan fingerprint density at radius 1 is 1.14 bits per heavy atom. The van der Waals surface area contributed by atoms with E-state index in [4.69, 9.17) is 9.47 Å². The van der Waals surface area contributed by atoms with Crippen LogP contribution >= 0.6 is 0 Å². The van der Waals surface area contributed by atoms with Gasteiger partial charge in [-0.1, -0.05) is 0 Å². The number of anilines is 1. The molecule has 0 saturated heterocycles. The first kappa shape index (κ1) is 15.8. The molecule has 1 N–H and O–H groups in total. The van der Waals surface area contributed by atoms with Crippen molar-refractivity contribution < 1.29 is 23.9 Å². The van der Waals surface area contributed by atoms with E-state index in [0.717, 1.165) is 0 Å². The largest absolute Gasteiger partial charge is 0.467 e. The number of nitrogens with one attached hydrogen (secondary N) is 1. The summed E-state index contributed by atoms with van der Waals surface area (Å²) < 4.78 is 9.56. The fraction of sp³-hybridized carbons (Fsp3) is 0.312. The lowest BCUT2D eigenvalue weighted by Gasteiger charge is -2.32. The second kappa shape index (κ2) is 5.63. The minimum Gasteiger partial charge on any atom is -0.467 e. The molecular formula is C16H17NO5. The quantitative estimate of drug-likeness (QED) is 0.677. The second-order valence-corrected chi connectivity index (χ2v) is 5.19. The fourth-order valence-electron chi connectivity index (χ4n) is 2.38. The Labute approximate surface area is 128 Å². The highest BCUT2D eigenvalue weighted by Gasteiger charge is 2.38. The van der Waals surface area contributed by atoms with Gasteiger partial charge in [0.1, 0.15) is 0 Å². The third-order valence-electron chi connectivity index (χ3n) is 3.56. The molecule has 0 aromatic heterocycles. The molecule has 0 saturated carbocycles. The summed E-state index contributed by atoms with van der Waals surface area (Å²) in [6.45, 7) is 3.04. The van der Waals surface area contributed by atoms with Crippen LogP contribution in [-0.4, -0.2) is 37.5 Å². The van der Waals surface area contributed by atoms with Gasteiger partial charge in [-0.2, -0.15) is 0 Å². The first-order chi connectivity index (χ1) is 10.3. The molecule has 0 aliphatic carbocycles. The summed E-state index contributed by atoms with van der Waals surface area (Å²) in [4.78, 5) is 35.6. The molecule has 0 spiro atoms. The van der Waals surface area contributed by atoms with Gasteiger partial charge in [0.15, 0.2) is 11.3 Å². The van der Waals surface area contributed by atoms with Gasteiger partial charge in [-0.3, -0.25) is 4.79 Å². The molecule has 2 rings (SSSR count). The number of ether oxygens (including phenoxy) is 2. The number of carbonyl (C=O) groups excluding carboxylic acids is 3. The van der Waals surface area contributed by atoms with Crippen molar-refractivity contribution in [2.24, 2.45) is 0 Å². The van der Waals surface area contributed by atoms with E-state index in [2.05, 4.69) is 5.32 Å². The average Bonchev–Trinajstić information content (AvgIpc) is 2.51. The van der Waals surface area contributed by atoms with Gasteiger partial charge in [0.2, 0.25) is 0 Å². The summed E-state index contributed by atoms with van der Waals surface area (Å²) in [7, 11) is 2.53. The molecule has 1 heterocycles. The molecule has 116 valence electrons. The average molecular weight is 303 g/mol. The molecule has 1 aliphatic rings. The van der Waals surface area contributed by atoms with E-state index in [0.29, 0.717) is 16.8 Å². The van der Waals surface area contributed by atoms with Crippen molar-refractivity contribution in [1.29, 1.82) is 0 Å². The van der Waals surface area contributed by atoms with Gasteiger partial charge in [0, 0.05) is 16.8 Å². The Hall–Kier alpha value is -2.63. The molecule has 0 amide bonds. The van der Waals surface area contributed by atoms with Crippen molar-refractivity contribution in [2.45, 2.75) is 19.4 Å². The van der Waals surface area contributed by atoms with E-state index in [1.54, 1.807) is 25.1 Å². The van der Waals surface area contributed by atoms with Crippen LogP contribution < -0.4 is 5.32 Å². The van der Waals surface area contributed by atoms with Crippen LogP contribution in [0.15, 0.2) is 24.3 Å². The van der Waals surface area contributed by atoms with Crippen molar-refractivity contribution in [1.82, 2.24) is 0 Å². The zero-order valence-corrected chi connectivity index (χ0v) is 12.9. The zero-order valence-electron chi connectivity index (χ0n) is 12.9. The van der Waals surface area contributed by atoms with E-state index >= 15 is 0 Å². The summed E-state index contributed by atoms with van der Waals surface area (Å²) in [6, 6.07) is 4.89. The van der Waals surface area contributed by atoms with E-state index < -0.39 is 17.5 Å². The lowest BCUT2D eigenvalue weighted by atomic mass is 9.88. The van der Waals surface area contributed by atoms with Gasteiger partial charge < -0.3 is 14.8 Å². The van der Waals surface area contributed by atoms with Gasteiger partial charge in [0.25, 0.3) is 0 Å². The van der Waals surface area contributed by atoms with Crippen LogP contribution in [0.4, 0.5) is 5.69 Å². The molecule has 1 aliphatic heterocycles. The molecule has 6 nitrogen and oxygen atoms in total. The number of hydrogen-bond donors (Lipinski definition) is 1. The lowest BCUT2D eigenvalue weighted by Crippen LogP contribution is -2.45. The summed E-state index contributed by atoms with van der Waals surface area (Å²) in [5.74, 6) is -1.23. The number of methoxy groups -OCH3 is 2. The lowest BCUT2D eigenvalue weighted by molar-refractivity contribution is -0.143. The number of carbonyl (C=O) groups is 3. The van der Waals surface area contributed by atoms with Crippen LogP contribution in [0.2, 0.25) is 0 Å². The monoisotopic (exact) mass is 303 g/mol. The third-order valence-corrected chi connectivity index (χ3v) is 3.56. The first-order valence-corrected chi connectivity index (χ1v) is 6.65. The third kappa shape index (κ3) is 2.59. The minimum atomic E-state index is -1.19. The van der Waals surface area contributed by atoms with E-state index in [1.807, 2.05) is 0 Å². The summed E-state index contributed by atoms with van der Waals surface area (Å²) in [5, 5.41) is 3.03. The second-order valence-electron chi connectivity index (χ2n) is 5.19. The minimum absolute atomic E-state index is 0.117. The van der Waals surface area contributed by atoms with Crippen molar-refractivity contribution in [2.75, 3.05) is 19.5 Å². The standard InChI is InChI=1S/C16H17NO5/c1-9(18)10-5-6-13-11(7-10)12(14(19)21-3)8-16(2,17-13)15(20)22-4/h5-8,17H,1-4H3/t16-/m1/s1. The highest BCUT2D eigenvalue weighted by molar-refractivity contribution is 6.21. The fourth-order valence-corrected chi connectivity index (χ4v) is 2.38. The number of esters is 2. The molecule has 6 heteroatoms. The molecule has 0 fully saturated rings. The number of fused-ring (bicyclic) bond motifs is 1. The number of Topliss-reactive ketones (excluding diaryl/α,β-unsaturated/α-hetero) is 1. The van der Waals surface area contributed by atoms with Crippen molar-refractivity contribution in [3.05, 3.63) is 35.4 Å². The Kier molecular flexibility index (Phi) is 4.03. The smallest absolute Gasteiger partial charge is 0.338 e. The maximum absolute atomic E-state index is 12.1. The van der Waals surface area contributed by atoms with Crippen LogP contribution in [0.1, 0.15) is 29.8 Å². The van der Waals surface area contributed by atoms with Gasteiger partial charge >= 0.3 is 11.9 Å². The van der Waals surface area contributed by atoms with Crippen LogP contribution in [0.25, 0.3) is 5.57 Å². The Morgan fingerprint density at radius 2 is 1.82 bits per heavy atom. The molecule has 1 atom stereocenters. The number of hydrogen-bond acceptors (Lipinski definition) is 6. The summed E-state index contributed by atoms with van der Waals surface area (Å²) in [5.41, 5.74) is 0.564. The predicted octanol–water partition coefficient (Wildman–Crippen LogP) is 1.80. The topological polar surface area (TPSA) is 81.7 Å². The highest BCUT2D eigenvalue weighted by Crippen LogP contribution is 2.35. The van der Waals surface area contributed by atoms with Crippen LogP contribution in [0.5, 0.6) is 0 Å². The molecular weight excluding hydrogens is 286 g/mol. The van der Waals surface area contributed by atoms with E-state index in [1.165, 1.54) is 27.2 Å². The maximum Gasteiger partial charge on any atom is 0.338 e. The summed E-state index contributed by atoms with van der Waals surface area (Å²) >= 11 is 0. The number of ketones is 1. The van der Waals surface area contributed by atoms with Gasteiger partial charge in [-0.15, -0.1) is 0 Å². The van der Waals surface area contributed by atoms with Crippen molar-refractivity contribution >= 4 is 29.0 Å². The molecule has 0 bridgehead atoms. The Morgan fingerprint density at radius 3 is 2.36 bits per heavy atom. The van der Waals surface area contributed by atoms with Crippen molar-refractivity contribution in [3.8, 4) is 0 Å². The van der Waals surface area contributed by atoms with Gasteiger partial charge in [-0.05, 0) is 38.1 Å². The van der Waals surface area contributed by atoms with Crippen molar-refractivity contribution in [3.63, 3.8) is 0 Å². The van der Waals surface area contributed by atoms with Crippen LogP contribution in [-0.2, 0) is 19.1 Å². The SMILES string of the molecule is COC(=O)C1=C[C@](C)(C(=O)OC)Nc2ccc(C(C)=O)cc21.